The number of aliphatic carboxylic acids is 1. The van der Waals surface area contributed by atoms with E-state index in [1.165, 1.54) is 6.92 Å². The maximum atomic E-state index is 11.8. The summed E-state index contributed by atoms with van der Waals surface area (Å²) in [5.74, 6) is -1.42. The standard InChI is InChI=1S/C14H26N2O6/c1-8-14(9(17)18,15-10(19)21-12(2,3)4)16-11(20)22-13(5,6)7/h8H2,1-7H3,(H,15,19)(H,16,20)(H,17,18). The van der Waals surface area contributed by atoms with E-state index in [1.807, 2.05) is 0 Å². The maximum absolute atomic E-state index is 11.8. The number of carboxylic acids is 1. The average molecular weight is 318 g/mol. The van der Waals surface area contributed by atoms with Gasteiger partial charge in [-0.05, 0) is 48.0 Å². The van der Waals surface area contributed by atoms with Crippen molar-refractivity contribution in [2.75, 3.05) is 0 Å². The molecule has 0 heterocycles. The highest BCUT2D eigenvalue weighted by molar-refractivity contribution is 5.88. The molecule has 0 rings (SSSR count). The lowest BCUT2D eigenvalue weighted by Gasteiger charge is -2.32. The van der Waals surface area contributed by atoms with Crippen molar-refractivity contribution >= 4 is 18.2 Å². The van der Waals surface area contributed by atoms with Crippen molar-refractivity contribution in [2.45, 2.75) is 71.8 Å². The molecule has 8 nitrogen and oxygen atoms in total. The molecule has 0 radical (unpaired) electrons. The van der Waals surface area contributed by atoms with Crippen LogP contribution in [0.5, 0.6) is 0 Å². The number of nitrogens with one attached hydrogen (secondary N) is 2. The molecule has 0 aromatic heterocycles. The normalized spacial score (nSPS) is 12.3. The summed E-state index contributed by atoms with van der Waals surface area (Å²) >= 11 is 0. The van der Waals surface area contributed by atoms with Gasteiger partial charge in [-0.25, -0.2) is 14.4 Å². The molecule has 0 saturated heterocycles. The number of ether oxygens (including phenoxy) is 2. The van der Waals surface area contributed by atoms with E-state index in [1.54, 1.807) is 41.5 Å². The number of carbonyl (C=O) groups is 3. The number of carbonyl (C=O) groups excluding carboxylic acids is 2. The molecule has 128 valence electrons. The van der Waals surface area contributed by atoms with Crippen molar-refractivity contribution in [3.05, 3.63) is 0 Å². The molecular formula is C14H26N2O6. The highest BCUT2D eigenvalue weighted by atomic mass is 16.6. The third-order valence-corrected chi connectivity index (χ3v) is 2.32. The topological polar surface area (TPSA) is 114 Å². The van der Waals surface area contributed by atoms with Crippen molar-refractivity contribution in [1.82, 2.24) is 10.6 Å². The van der Waals surface area contributed by atoms with Gasteiger partial charge in [-0.1, -0.05) is 6.92 Å². The Labute approximate surface area is 130 Å². The minimum absolute atomic E-state index is 0.0964. The molecule has 2 amide bonds. The number of alkyl carbamates (subject to hydrolysis) is 2. The third kappa shape index (κ3) is 7.14. The predicted octanol–water partition coefficient (Wildman–Crippen LogP) is 2.23. The van der Waals surface area contributed by atoms with E-state index in [2.05, 4.69) is 10.6 Å². The Balaban J connectivity index is 5.13. The van der Waals surface area contributed by atoms with Gasteiger partial charge in [0.1, 0.15) is 11.2 Å². The predicted molar refractivity (Wildman–Crippen MR) is 79.4 cm³/mol. The van der Waals surface area contributed by atoms with Crippen LogP contribution >= 0.6 is 0 Å². The van der Waals surface area contributed by atoms with Crippen molar-refractivity contribution in [2.24, 2.45) is 0 Å². The lowest BCUT2D eigenvalue weighted by molar-refractivity contribution is -0.146. The van der Waals surface area contributed by atoms with Crippen LogP contribution in [0.4, 0.5) is 9.59 Å². The second-order valence-corrected chi connectivity index (χ2v) is 6.82. The van der Waals surface area contributed by atoms with Crippen LogP contribution in [0.15, 0.2) is 0 Å². The van der Waals surface area contributed by atoms with Crippen LogP contribution in [0, 0.1) is 0 Å². The van der Waals surface area contributed by atoms with E-state index in [9.17, 15) is 19.5 Å². The monoisotopic (exact) mass is 318 g/mol. The van der Waals surface area contributed by atoms with E-state index >= 15 is 0 Å². The molecule has 0 bridgehead atoms. The first-order chi connectivity index (χ1) is 9.71. The van der Waals surface area contributed by atoms with Gasteiger partial charge in [0, 0.05) is 0 Å². The van der Waals surface area contributed by atoms with Crippen LogP contribution in [0.25, 0.3) is 0 Å². The minimum atomic E-state index is -2.01. The number of hydrogen-bond acceptors (Lipinski definition) is 5. The van der Waals surface area contributed by atoms with E-state index in [0.717, 1.165) is 0 Å². The lowest BCUT2D eigenvalue weighted by atomic mass is 10.1. The summed E-state index contributed by atoms with van der Waals surface area (Å²) in [7, 11) is 0. The Morgan fingerprint density at radius 2 is 1.18 bits per heavy atom. The van der Waals surface area contributed by atoms with E-state index in [-0.39, 0.29) is 6.42 Å². The summed E-state index contributed by atoms with van der Waals surface area (Å²) < 4.78 is 10.0. The zero-order valence-electron chi connectivity index (χ0n) is 14.2. The molecule has 0 aliphatic heterocycles. The van der Waals surface area contributed by atoms with Crippen LogP contribution < -0.4 is 10.6 Å². The van der Waals surface area contributed by atoms with Crippen LogP contribution in [0.3, 0.4) is 0 Å². The van der Waals surface area contributed by atoms with Gasteiger partial charge in [0.15, 0.2) is 0 Å². The molecule has 8 heteroatoms. The molecule has 0 saturated carbocycles. The largest absolute Gasteiger partial charge is 0.478 e. The summed E-state index contributed by atoms with van der Waals surface area (Å²) in [6, 6.07) is 0. The molecule has 0 aromatic rings. The fraction of sp³-hybridized carbons (Fsp3) is 0.786. The van der Waals surface area contributed by atoms with Crippen molar-refractivity contribution in [3.8, 4) is 0 Å². The number of rotatable bonds is 4. The SMILES string of the molecule is CCC(NC(=O)OC(C)(C)C)(NC(=O)OC(C)(C)C)C(=O)O. The van der Waals surface area contributed by atoms with Crippen molar-refractivity contribution < 1.29 is 29.0 Å². The molecule has 0 aliphatic carbocycles. The van der Waals surface area contributed by atoms with Crippen LogP contribution in [-0.4, -0.2) is 40.1 Å². The minimum Gasteiger partial charge on any atom is -0.478 e. The lowest BCUT2D eigenvalue weighted by Crippen LogP contribution is -2.66. The Morgan fingerprint density at radius 1 is 0.864 bits per heavy atom. The van der Waals surface area contributed by atoms with Gasteiger partial charge in [0.25, 0.3) is 0 Å². The number of carboxylic acid groups (broad SMARTS) is 1. The van der Waals surface area contributed by atoms with Crippen molar-refractivity contribution in [1.29, 1.82) is 0 Å². The summed E-state index contributed by atoms with van der Waals surface area (Å²) in [4.78, 5) is 35.1. The first-order valence-electron chi connectivity index (χ1n) is 6.96. The first kappa shape index (κ1) is 20.0. The van der Waals surface area contributed by atoms with Gasteiger partial charge in [0.05, 0.1) is 0 Å². The fourth-order valence-electron chi connectivity index (χ4n) is 1.42. The van der Waals surface area contributed by atoms with Gasteiger partial charge < -0.3 is 14.6 Å². The second-order valence-electron chi connectivity index (χ2n) is 6.82. The molecule has 0 unspecified atom stereocenters. The van der Waals surface area contributed by atoms with E-state index < -0.39 is 35.0 Å². The molecule has 22 heavy (non-hydrogen) atoms. The van der Waals surface area contributed by atoms with E-state index in [0.29, 0.717) is 0 Å². The van der Waals surface area contributed by atoms with E-state index in [4.69, 9.17) is 9.47 Å². The smallest absolute Gasteiger partial charge is 0.409 e. The molecule has 0 spiro atoms. The van der Waals surface area contributed by atoms with Crippen LogP contribution in [0.2, 0.25) is 0 Å². The zero-order valence-corrected chi connectivity index (χ0v) is 14.2. The Hall–Kier alpha value is -1.99. The van der Waals surface area contributed by atoms with Crippen molar-refractivity contribution in [3.63, 3.8) is 0 Å². The summed E-state index contributed by atoms with van der Waals surface area (Å²) in [6.07, 6.45) is -2.00. The molecule has 0 aliphatic rings. The summed E-state index contributed by atoms with van der Waals surface area (Å²) in [5.41, 5.74) is -3.60. The third-order valence-electron chi connectivity index (χ3n) is 2.32. The first-order valence-corrected chi connectivity index (χ1v) is 6.96. The Bertz CT molecular complexity index is 404. The number of hydrogen-bond donors (Lipinski definition) is 3. The van der Waals surface area contributed by atoms with Gasteiger partial charge in [0.2, 0.25) is 5.66 Å². The maximum Gasteiger partial charge on any atom is 0.409 e. The molecule has 0 aromatic carbocycles. The zero-order chi connectivity index (χ0) is 17.8. The van der Waals surface area contributed by atoms with Gasteiger partial charge in [-0.15, -0.1) is 0 Å². The van der Waals surface area contributed by atoms with Crippen LogP contribution in [0.1, 0.15) is 54.9 Å². The van der Waals surface area contributed by atoms with Gasteiger partial charge in [-0.3, -0.25) is 10.6 Å². The molecule has 3 N–H and O–H groups in total. The average Bonchev–Trinajstić information content (AvgIpc) is 2.21. The second kappa shape index (κ2) is 6.85. The highest BCUT2D eigenvalue weighted by Crippen LogP contribution is 2.13. The van der Waals surface area contributed by atoms with Crippen LogP contribution in [-0.2, 0) is 14.3 Å². The Kier molecular flexibility index (Phi) is 6.23. The summed E-state index contributed by atoms with van der Waals surface area (Å²) in [5, 5.41) is 13.7. The quantitative estimate of drug-likeness (QED) is 0.685. The molecule has 0 fully saturated rings. The number of amides is 2. The van der Waals surface area contributed by atoms with Gasteiger partial charge >= 0.3 is 18.2 Å². The molecular weight excluding hydrogens is 292 g/mol. The molecule has 0 atom stereocenters. The van der Waals surface area contributed by atoms with Gasteiger partial charge in [-0.2, -0.15) is 0 Å². The fourth-order valence-corrected chi connectivity index (χ4v) is 1.42. The highest BCUT2D eigenvalue weighted by Gasteiger charge is 2.42. The Morgan fingerprint density at radius 3 is 1.36 bits per heavy atom. The summed E-state index contributed by atoms with van der Waals surface area (Å²) in [6.45, 7) is 11.3.